The summed E-state index contributed by atoms with van der Waals surface area (Å²) in [6.07, 6.45) is 1.65. The van der Waals surface area contributed by atoms with Gasteiger partial charge in [-0.2, -0.15) is 0 Å². The normalized spacial score (nSPS) is 21.5. The van der Waals surface area contributed by atoms with Crippen molar-refractivity contribution in [2.45, 2.75) is 33.2 Å². The fourth-order valence-corrected chi connectivity index (χ4v) is 3.79. The third-order valence-electron chi connectivity index (χ3n) is 5.14. The summed E-state index contributed by atoms with van der Waals surface area (Å²) < 4.78 is 5.16. The highest BCUT2D eigenvalue weighted by atomic mass is 16.3. The van der Waals surface area contributed by atoms with Crippen LogP contribution in [-0.4, -0.2) is 84.3 Å². The Morgan fingerprint density at radius 1 is 1.14 bits per heavy atom. The lowest BCUT2D eigenvalue weighted by molar-refractivity contribution is -0.140. The fraction of sp³-hybridized carbons (Fsp3) is 0.650. The van der Waals surface area contributed by atoms with Crippen LogP contribution in [0.25, 0.3) is 0 Å². The first-order valence-electron chi connectivity index (χ1n) is 9.87. The van der Waals surface area contributed by atoms with Gasteiger partial charge >= 0.3 is 0 Å². The lowest BCUT2D eigenvalue weighted by Gasteiger charge is -2.40. The molecular formula is C20H30N4O4. The topological polar surface area (TPSA) is 86.1 Å². The lowest BCUT2D eigenvalue weighted by Crippen LogP contribution is -2.59. The van der Waals surface area contributed by atoms with E-state index in [0.717, 1.165) is 13.1 Å². The number of hydrogen-bond acceptors (Lipinski definition) is 5. The molecule has 2 aliphatic heterocycles. The van der Waals surface area contributed by atoms with E-state index in [1.165, 1.54) is 6.26 Å². The summed E-state index contributed by atoms with van der Waals surface area (Å²) in [5.74, 6) is 0.0538. The van der Waals surface area contributed by atoms with Gasteiger partial charge in [-0.1, -0.05) is 20.8 Å². The van der Waals surface area contributed by atoms with Gasteiger partial charge in [-0.3, -0.25) is 19.3 Å². The van der Waals surface area contributed by atoms with Crippen molar-refractivity contribution in [2.24, 2.45) is 5.41 Å². The van der Waals surface area contributed by atoms with Crippen molar-refractivity contribution in [1.29, 1.82) is 0 Å². The van der Waals surface area contributed by atoms with Gasteiger partial charge in [0.2, 0.25) is 11.8 Å². The monoisotopic (exact) mass is 390 g/mol. The second kappa shape index (κ2) is 8.34. The molecule has 0 radical (unpaired) electrons. The molecule has 1 N–H and O–H groups in total. The first-order valence-corrected chi connectivity index (χ1v) is 9.87. The lowest BCUT2D eigenvalue weighted by atomic mass is 9.94. The van der Waals surface area contributed by atoms with E-state index < -0.39 is 6.04 Å². The van der Waals surface area contributed by atoms with Crippen LogP contribution in [-0.2, 0) is 9.59 Å². The number of nitrogens with zero attached hydrogens (tertiary/aromatic N) is 3. The number of rotatable bonds is 4. The molecule has 1 unspecified atom stereocenters. The quantitative estimate of drug-likeness (QED) is 0.822. The summed E-state index contributed by atoms with van der Waals surface area (Å²) >= 11 is 0. The minimum Gasteiger partial charge on any atom is -0.459 e. The van der Waals surface area contributed by atoms with Gasteiger partial charge in [-0.25, -0.2) is 0 Å². The first kappa shape index (κ1) is 20.4. The van der Waals surface area contributed by atoms with E-state index in [2.05, 4.69) is 31.0 Å². The molecule has 2 aliphatic rings. The summed E-state index contributed by atoms with van der Waals surface area (Å²) in [6.45, 7) is 10.4. The summed E-state index contributed by atoms with van der Waals surface area (Å²) in [6, 6.07) is 2.90. The Balaban J connectivity index is 1.55. The van der Waals surface area contributed by atoms with Crippen LogP contribution >= 0.6 is 0 Å². The predicted octanol–water partition coefficient (Wildman–Crippen LogP) is 0.801. The van der Waals surface area contributed by atoms with Gasteiger partial charge in [0.25, 0.3) is 5.91 Å². The average Bonchev–Trinajstić information content (AvgIpc) is 3.17. The highest BCUT2D eigenvalue weighted by molar-refractivity contribution is 5.92. The Labute approximate surface area is 165 Å². The van der Waals surface area contributed by atoms with Crippen molar-refractivity contribution in [3.05, 3.63) is 24.2 Å². The molecule has 3 heterocycles. The first-order chi connectivity index (χ1) is 13.2. The maximum Gasteiger partial charge on any atom is 0.289 e. The van der Waals surface area contributed by atoms with E-state index in [1.54, 1.807) is 21.9 Å². The molecule has 8 nitrogen and oxygen atoms in total. The molecule has 1 aromatic rings. The van der Waals surface area contributed by atoms with Gasteiger partial charge in [-0.05, 0) is 17.5 Å². The molecule has 154 valence electrons. The minimum absolute atomic E-state index is 0.0361. The van der Waals surface area contributed by atoms with Crippen LogP contribution in [0, 0.1) is 5.41 Å². The Morgan fingerprint density at radius 3 is 2.43 bits per heavy atom. The number of piperazine rings is 2. The molecule has 0 aromatic carbocycles. The number of amides is 3. The van der Waals surface area contributed by atoms with Crippen molar-refractivity contribution < 1.29 is 18.8 Å². The Hall–Kier alpha value is -2.35. The zero-order chi connectivity index (χ0) is 20.3. The van der Waals surface area contributed by atoms with Crippen molar-refractivity contribution in [3.8, 4) is 0 Å². The molecule has 2 fully saturated rings. The van der Waals surface area contributed by atoms with Gasteiger partial charge in [-0.15, -0.1) is 0 Å². The molecule has 0 aliphatic carbocycles. The number of carbonyl (C=O) groups is 3. The van der Waals surface area contributed by atoms with Gasteiger partial charge in [0.15, 0.2) is 5.76 Å². The van der Waals surface area contributed by atoms with Crippen molar-refractivity contribution in [2.75, 3.05) is 45.8 Å². The highest BCUT2D eigenvalue weighted by Crippen LogP contribution is 2.20. The van der Waals surface area contributed by atoms with E-state index >= 15 is 0 Å². The zero-order valence-corrected chi connectivity index (χ0v) is 16.9. The van der Waals surface area contributed by atoms with E-state index in [9.17, 15) is 14.4 Å². The summed E-state index contributed by atoms with van der Waals surface area (Å²) in [4.78, 5) is 43.1. The molecule has 28 heavy (non-hydrogen) atoms. The molecule has 0 spiro atoms. The maximum atomic E-state index is 12.8. The Morgan fingerprint density at radius 2 is 1.82 bits per heavy atom. The molecule has 1 atom stereocenters. The SMILES string of the molecule is CC(C)(C)CN1CCNC(=O)C1CC(=O)N1CCN(C(=O)c2ccco2)CC1. The van der Waals surface area contributed by atoms with Crippen molar-refractivity contribution in [3.63, 3.8) is 0 Å². The van der Waals surface area contributed by atoms with E-state index in [-0.39, 0.29) is 29.6 Å². The zero-order valence-electron chi connectivity index (χ0n) is 16.9. The van der Waals surface area contributed by atoms with Crippen molar-refractivity contribution in [1.82, 2.24) is 20.0 Å². The third kappa shape index (κ3) is 4.92. The van der Waals surface area contributed by atoms with Crippen LogP contribution in [0.4, 0.5) is 0 Å². The molecule has 1 aromatic heterocycles. The summed E-state index contributed by atoms with van der Waals surface area (Å²) in [5, 5.41) is 2.88. The maximum absolute atomic E-state index is 12.8. The van der Waals surface area contributed by atoms with Crippen molar-refractivity contribution >= 4 is 17.7 Å². The van der Waals surface area contributed by atoms with Crippen LogP contribution in [0.15, 0.2) is 22.8 Å². The molecule has 2 saturated heterocycles. The number of nitrogens with one attached hydrogen (secondary N) is 1. The Bertz CT molecular complexity index is 702. The van der Waals surface area contributed by atoms with Gasteiger partial charge in [0.1, 0.15) is 0 Å². The molecule has 0 saturated carbocycles. The van der Waals surface area contributed by atoms with Crippen LogP contribution in [0.5, 0.6) is 0 Å². The third-order valence-corrected chi connectivity index (χ3v) is 5.14. The van der Waals surface area contributed by atoms with Gasteiger partial charge in [0.05, 0.1) is 18.7 Å². The standard InChI is InChI=1S/C20H30N4O4/c1-20(2,3)14-24-7-6-21-18(26)15(24)13-17(25)22-8-10-23(11-9-22)19(27)16-5-4-12-28-16/h4-5,12,15H,6-11,13-14H2,1-3H3,(H,21,26). The van der Waals surface area contributed by atoms with Gasteiger partial charge < -0.3 is 19.5 Å². The van der Waals surface area contributed by atoms with E-state index in [4.69, 9.17) is 4.42 Å². The average molecular weight is 390 g/mol. The molecular weight excluding hydrogens is 360 g/mol. The van der Waals surface area contributed by atoms with Crippen LogP contribution in [0.3, 0.4) is 0 Å². The van der Waals surface area contributed by atoms with E-state index in [1.807, 2.05) is 0 Å². The van der Waals surface area contributed by atoms with Crippen LogP contribution < -0.4 is 5.32 Å². The van der Waals surface area contributed by atoms with Crippen LogP contribution in [0.1, 0.15) is 37.7 Å². The predicted molar refractivity (Wildman–Crippen MR) is 104 cm³/mol. The minimum atomic E-state index is -0.428. The molecule has 3 amide bonds. The summed E-state index contributed by atoms with van der Waals surface area (Å²) in [7, 11) is 0. The molecule has 3 rings (SSSR count). The number of hydrogen-bond donors (Lipinski definition) is 1. The number of carbonyl (C=O) groups excluding carboxylic acids is 3. The number of furan rings is 1. The second-order valence-corrected chi connectivity index (χ2v) is 8.69. The second-order valence-electron chi connectivity index (χ2n) is 8.69. The highest BCUT2D eigenvalue weighted by Gasteiger charge is 2.35. The molecule has 8 heteroatoms. The summed E-state index contributed by atoms with van der Waals surface area (Å²) in [5.41, 5.74) is 0.0523. The molecule has 0 bridgehead atoms. The Kier molecular flexibility index (Phi) is 6.07. The smallest absolute Gasteiger partial charge is 0.289 e. The fourth-order valence-electron chi connectivity index (χ4n) is 3.79. The van der Waals surface area contributed by atoms with E-state index in [0.29, 0.717) is 38.5 Å². The van der Waals surface area contributed by atoms with Gasteiger partial charge in [0, 0.05) is 45.8 Å². The largest absolute Gasteiger partial charge is 0.459 e. The van der Waals surface area contributed by atoms with Crippen LogP contribution in [0.2, 0.25) is 0 Å².